The van der Waals surface area contributed by atoms with Crippen molar-refractivity contribution < 1.29 is 9.47 Å². The van der Waals surface area contributed by atoms with E-state index >= 15 is 0 Å². The van der Waals surface area contributed by atoms with E-state index in [-0.39, 0.29) is 0 Å². The molecular formula is C22H22N2O2. The number of rotatable bonds is 2. The minimum atomic E-state index is 0.910. The van der Waals surface area contributed by atoms with Crippen LogP contribution in [0.1, 0.15) is 0 Å². The normalized spacial score (nSPS) is 9.15. The van der Waals surface area contributed by atoms with Crippen LogP contribution in [0.15, 0.2) is 97.3 Å². The van der Waals surface area contributed by atoms with Crippen LogP contribution in [0.5, 0.6) is 11.5 Å². The van der Waals surface area contributed by atoms with E-state index < -0.39 is 0 Å². The Morgan fingerprint density at radius 2 is 0.846 bits per heavy atom. The Bertz CT molecular complexity index is 763. The summed E-state index contributed by atoms with van der Waals surface area (Å²) in [7, 11) is 3.32. The molecule has 0 N–H and O–H groups in total. The first-order valence-electron chi connectivity index (χ1n) is 8.17. The lowest BCUT2D eigenvalue weighted by Crippen LogP contribution is -1.78. The van der Waals surface area contributed by atoms with Crippen molar-refractivity contribution in [2.45, 2.75) is 0 Å². The third-order valence-corrected chi connectivity index (χ3v) is 3.33. The lowest BCUT2D eigenvalue weighted by Gasteiger charge is -1.93. The number of benzene rings is 3. The Hall–Kier alpha value is -3.40. The minimum absolute atomic E-state index is 0.910. The Labute approximate surface area is 154 Å². The van der Waals surface area contributed by atoms with Crippen LogP contribution in [0.25, 0.3) is 11.0 Å². The van der Waals surface area contributed by atoms with E-state index in [9.17, 15) is 0 Å². The molecule has 0 atom stereocenters. The van der Waals surface area contributed by atoms with E-state index in [1.54, 1.807) is 26.6 Å². The van der Waals surface area contributed by atoms with Crippen LogP contribution in [0.2, 0.25) is 0 Å². The van der Waals surface area contributed by atoms with Crippen molar-refractivity contribution in [3.63, 3.8) is 0 Å². The fraction of sp³-hybridized carbons (Fsp3) is 0.0909. The molecule has 0 aliphatic carbocycles. The highest BCUT2D eigenvalue weighted by Gasteiger charge is 1.88. The molecule has 0 fully saturated rings. The summed E-state index contributed by atoms with van der Waals surface area (Å²) in [6, 6.07) is 27.2. The number of fused-ring (bicyclic) bond motifs is 1. The number of para-hydroxylation sites is 4. The summed E-state index contributed by atoms with van der Waals surface area (Å²) in [5, 5.41) is 0. The van der Waals surface area contributed by atoms with Crippen molar-refractivity contribution in [3.05, 3.63) is 97.3 Å². The van der Waals surface area contributed by atoms with Crippen molar-refractivity contribution >= 4 is 11.0 Å². The maximum Gasteiger partial charge on any atom is 0.118 e. The number of nitrogens with zero attached hydrogens (tertiary/aromatic N) is 2. The van der Waals surface area contributed by atoms with Gasteiger partial charge >= 0.3 is 0 Å². The average molecular weight is 346 g/mol. The number of hydrogen-bond acceptors (Lipinski definition) is 4. The molecule has 4 heteroatoms. The van der Waals surface area contributed by atoms with Crippen LogP contribution in [-0.2, 0) is 0 Å². The molecule has 4 nitrogen and oxygen atoms in total. The van der Waals surface area contributed by atoms with E-state index in [2.05, 4.69) is 9.97 Å². The largest absolute Gasteiger partial charge is 0.497 e. The van der Waals surface area contributed by atoms with Crippen molar-refractivity contribution in [2.75, 3.05) is 14.2 Å². The number of ether oxygens (including phenoxy) is 2. The molecule has 1 aromatic heterocycles. The standard InChI is InChI=1S/C8H6N2.2C7H8O/c1-2-4-8-7(3-1)9-5-6-10-8;2*1-8-7-5-3-2-4-6-7/h1-6H;2*2-6H,1H3. The second-order valence-corrected chi connectivity index (χ2v) is 5.08. The zero-order valence-corrected chi connectivity index (χ0v) is 14.9. The fourth-order valence-electron chi connectivity index (χ4n) is 2.02. The number of hydrogen-bond donors (Lipinski definition) is 0. The lowest BCUT2D eigenvalue weighted by atomic mass is 10.3. The highest BCUT2D eigenvalue weighted by atomic mass is 16.5. The molecule has 0 saturated carbocycles. The zero-order valence-electron chi connectivity index (χ0n) is 14.9. The molecule has 0 aliphatic heterocycles. The van der Waals surface area contributed by atoms with Crippen molar-refractivity contribution in [3.8, 4) is 11.5 Å². The van der Waals surface area contributed by atoms with Gasteiger partial charge in [-0.3, -0.25) is 9.97 Å². The van der Waals surface area contributed by atoms with Crippen LogP contribution >= 0.6 is 0 Å². The van der Waals surface area contributed by atoms with Crippen LogP contribution in [0.4, 0.5) is 0 Å². The van der Waals surface area contributed by atoms with Gasteiger partial charge in [0.05, 0.1) is 25.3 Å². The molecule has 132 valence electrons. The van der Waals surface area contributed by atoms with E-state index in [4.69, 9.17) is 9.47 Å². The van der Waals surface area contributed by atoms with Crippen LogP contribution < -0.4 is 9.47 Å². The first kappa shape index (κ1) is 18.9. The van der Waals surface area contributed by atoms with Gasteiger partial charge in [-0.15, -0.1) is 0 Å². The Morgan fingerprint density at radius 1 is 0.500 bits per heavy atom. The highest BCUT2D eigenvalue weighted by molar-refractivity contribution is 5.72. The van der Waals surface area contributed by atoms with Crippen LogP contribution in [-0.4, -0.2) is 24.2 Å². The van der Waals surface area contributed by atoms with Crippen molar-refractivity contribution in [2.24, 2.45) is 0 Å². The molecule has 0 saturated heterocycles. The van der Waals surface area contributed by atoms with Crippen molar-refractivity contribution in [1.82, 2.24) is 9.97 Å². The van der Waals surface area contributed by atoms with Gasteiger partial charge in [0.2, 0.25) is 0 Å². The Balaban J connectivity index is 0.000000142. The topological polar surface area (TPSA) is 44.2 Å². The molecule has 0 unspecified atom stereocenters. The second-order valence-electron chi connectivity index (χ2n) is 5.08. The molecule has 0 spiro atoms. The highest BCUT2D eigenvalue weighted by Crippen LogP contribution is 2.06. The second kappa shape index (κ2) is 11.2. The van der Waals surface area contributed by atoms with E-state index in [0.29, 0.717) is 0 Å². The SMILES string of the molecule is COc1ccccc1.COc1ccccc1.c1ccc2nccnc2c1. The van der Waals surface area contributed by atoms with Gasteiger partial charge in [0, 0.05) is 12.4 Å². The molecule has 4 rings (SSSR count). The summed E-state index contributed by atoms with van der Waals surface area (Å²) in [5.74, 6) is 1.82. The molecule has 1 heterocycles. The van der Waals surface area contributed by atoms with Gasteiger partial charge in [0.25, 0.3) is 0 Å². The third kappa shape index (κ3) is 6.61. The summed E-state index contributed by atoms with van der Waals surface area (Å²) in [5.41, 5.74) is 1.90. The Kier molecular flexibility index (Phi) is 8.16. The Morgan fingerprint density at radius 3 is 1.15 bits per heavy atom. The maximum absolute atomic E-state index is 4.91. The van der Waals surface area contributed by atoms with Gasteiger partial charge in [-0.1, -0.05) is 48.5 Å². The molecule has 26 heavy (non-hydrogen) atoms. The van der Waals surface area contributed by atoms with Gasteiger partial charge in [-0.2, -0.15) is 0 Å². The van der Waals surface area contributed by atoms with Gasteiger partial charge in [0.15, 0.2) is 0 Å². The summed E-state index contributed by atoms with van der Waals surface area (Å²) < 4.78 is 9.83. The predicted molar refractivity (Wildman–Crippen MR) is 106 cm³/mol. The molecule has 0 amide bonds. The average Bonchev–Trinajstić information content (AvgIpc) is 2.76. The summed E-state index contributed by atoms with van der Waals surface area (Å²) in [4.78, 5) is 8.24. The number of aromatic nitrogens is 2. The summed E-state index contributed by atoms with van der Waals surface area (Å²) in [6.07, 6.45) is 3.39. The van der Waals surface area contributed by atoms with Crippen molar-refractivity contribution in [1.29, 1.82) is 0 Å². The van der Waals surface area contributed by atoms with Crippen LogP contribution in [0.3, 0.4) is 0 Å². The predicted octanol–water partition coefficient (Wildman–Crippen LogP) is 5.02. The quantitative estimate of drug-likeness (QED) is 0.511. The van der Waals surface area contributed by atoms with Gasteiger partial charge in [-0.25, -0.2) is 0 Å². The molecule has 0 bridgehead atoms. The van der Waals surface area contributed by atoms with E-state index in [1.807, 2.05) is 84.9 Å². The van der Waals surface area contributed by atoms with Gasteiger partial charge < -0.3 is 9.47 Å². The molecule has 3 aromatic carbocycles. The summed E-state index contributed by atoms with van der Waals surface area (Å²) in [6.45, 7) is 0. The smallest absolute Gasteiger partial charge is 0.118 e. The van der Waals surface area contributed by atoms with E-state index in [0.717, 1.165) is 22.5 Å². The maximum atomic E-state index is 4.91. The van der Waals surface area contributed by atoms with Gasteiger partial charge in [0.1, 0.15) is 11.5 Å². The van der Waals surface area contributed by atoms with Crippen LogP contribution in [0, 0.1) is 0 Å². The fourth-order valence-corrected chi connectivity index (χ4v) is 2.02. The summed E-state index contributed by atoms with van der Waals surface area (Å²) >= 11 is 0. The minimum Gasteiger partial charge on any atom is -0.497 e. The third-order valence-electron chi connectivity index (χ3n) is 3.33. The molecule has 0 aliphatic rings. The number of methoxy groups -OCH3 is 2. The first-order valence-corrected chi connectivity index (χ1v) is 8.17. The lowest BCUT2D eigenvalue weighted by molar-refractivity contribution is 0.414. The molecule has 0 radical (unpaired) electrons. The zero-order chi connectivity index (χ0) is 18.5. The van der Waals surface area contributed by atoms with E-state index in [1.165, 1.54) is 0 Å². The molecule has 4 aromatic rings. The molecular weight excluding hydrogens is 324 g/mol. The monoisotopic (exact) mass is 346 g/mol. The first-order chi connectivity index (χ1) is 12.8. The van der Waals surface area contributed by atoms with Gasteiger partial charge in [-0.05, 0) is 36.4 Å².